The van der Waals surface area contributed by atoms with Gasteiger partial charge in [0.15, 0.2) is 0 Å². The molecule has 1 aromatic heterocycles. The third-order valence-electron chi connectivity index (χ3n) is 2.03. The maximum Gasteiger partial charge on any atom is 0.145 e. The summed E-state index contributed by atoms with van der Waals surface area (Å²) in [5.41, 5.74) is 7.49. The number of pyridine rings is 1. The molecule has 0 saturated heterocycles. The number of hydrogen-bond acceptors (Lipinski definition) is 3. The molecule has 0 aliphatic rings. The Morgan fingerprint density at radius 1 is 1.57 bits per heavy atom. The van der Waals surface area contributed by atoms with Crippen molar-refractivity contribution in [2.45, 2.75) is 26.8 Å². The fourth-order valence-electron chi connectivity index (χ4n) is 1.19. The second kappa shape index (κ2) is 5.17. The Balaban J connectivity index is 2.90. The van der Waals surface area contributed by atoms with E-state index in [1.165, 1.54) is 0 Å². The summed E-state index contributed by atoms with van der Waals surface area (Å²) in [7, 11) is 0. The van der Waals surface area contributed by atoms with Crippen LogP contribution in [0.15, 0.2) is 6.07 Å². The SMILES string of the molecule is CCCNc1nc(C)c(CN)cc1Cl. The van der Waals surface area contributed by atoms with Gasteiger partial charge in [0, 0.05) is 18.8 Å². The first-order valence-electron chi connectivity index (χ1n) is 4.79. The second-order valence-electron chi connectivity index (χ2n) is 3.19. The predicted molar refractivity (Wildman–Crippen MR) is 60.7 cm³/mol. The van der Waals surface area contributed by atoms with Gasteiger partial charge in [-0.05, 0) is 25.0 Å². The number of aryl methyl sites for hydroxylation is 1. The van der Waals surface area contributed by atoms with Crippen LogP contribution in [-0.2, 0) is 6.54 Å². The van der Waals surface area contributed by atoms with E-state index >= 15 is 0 Å². The monoisotopic (exact) mass is 213 g/mol. The van der Waals surface area contributed by atoms with E-state index in [2.05, 4.69) is 17.2 Å². The van der Waals surface area contributed by atoms with E-state index in [0.29, 0.717) is 11.6 Å². The highest BCUT2D eigenvalue weighted by molar-refractivity contribution is 6.33. The molecule has 0 bridgehead atoms. The highest BCUT2D eigenvalue weighted by Crippen LogP contribution is 2.22. The minimum atomic E-state index is 0.479. The third kappa shape index (κ3) is 2.59. The average Bonchev–Trinajstić information content (AvgIpc) is 2.18. The second-order valence-corrected chi connectivity index (χ2v) is 3.60. The molecule has 1 heterocycles. The fourth-order valence-corrected chi connectivity index (χ4v) is 1.43. The zero-order valence-electron chi connectivity index (χ0n) is 8.60. The largest absolute Gasteiger partial charge is 0.369 e. The van der Waals surface area contributed by atoms with Crippen molar-refractivity contribution in [1.29, 1.82) is 0 Å². The molecular formula is C10H16ClN3. The molecule has 4 heteroatoms. The zero-order valence-corrected chi connectivity index (χ0v) is 9.36. The van der Waals surface area contributed by atoms with Crippen LogP contribution < -0.4 is 11.1 Å². The molecule has 78 valence electrons. The van der Waals surface area contributed by atoms with Crippen LogP contribution in [0.2, 0.25) is 5.02 Å². The van der Waals surface area contributed by atoms with Gasteiger partial charge in [0.2, 0.25) is 0 Å². The van der Waals surface area contributed by atoms with Gasteiger partial charge < -0.3 is 11.1 Å². The maximum atomic E-state index is 6.04. The molecule has 1 rings (SSSR count). The summed E-state index contributed by atoms with van der Waals surface area (Å²) in [5.74, 6) is 0.753. The maximum absolute atomic E-state index is 6.04. The normalized spacial score (nSPS) is 10.3. The van der Waals surface area contributed by atoms with Crippen molar-refractivity contribution in [2.75, 3.05) is 11.9 Å². The molecule has 0 aliphatic carbocycles. The van der Waals surface area contributed by atoms with Crippen LogP contribution in [0.5, 0.6) is 0 Å². The molecule has 0 saturated carbocycles. The van der Waals surface area contributed by atoms with Gasteiger partial charge in [0.25, 0.3) is 0 Å². The van der Waals surface area contributed by atoms with Gasteiger partial charge in [-0.3, -0.25) is 0 Å². The van der Waals surface area contributed by atoms with Crippen LogP contribution in [0.1, 0.15) is 24.6 Å². The zero-order chi connectivity index (χ0) is 10.6. The molecule has 3 nitrogen and oxygen atoms in total. The summed E-state index contributed by atoms with van der Waals surface area (Å²) in [6.07, 6.45) is 1.05. The van der Waals surface area contributed by atoms with E-state index in [1.54, 1.807) is 0 Å². The van der Waals surface area contributed by atoms with Gasteiger partial charge in [-0.15, -0.1) is 0 Å². The molecule has 0 amide bonds. The fraction of sp³-hybridized carbons (Fsp3) is 0.500. The number of rotatable bonds is 4. The van der Waals surface area contributed by atoms with Gasteiger partial charge >= 0.3 is 0 Å². The lowest BCUT2D eigenvalue weighted by atomic mass is 10.2. The van der Waals surface area contributed by atoms with Crippen LogP contribution in [0, 0.1) is 6.92 Å². The molecule has 3 N–H and O–H groups in total. The highest BCUT2D eigenvalue weighted by Gasteiger charge is 2.05. The first-order valence-corrected chi connectivity index (χ1v) is 5.16. The lowest BCUT2D eigenvalue weighted by Crippen LogP contribution is -2.07. The molecule has 1 aromatic rings. The third-order valence-corrected chi connectivity index (χ3v) is 2.32. The minimum Gasteiger partial charge on any atom is -0.369 e. The molecule has 14 heavy (non-hydrogen) atoms. The van der Waals surface area contributed by atoms with Crippen molar-refractivity contribution in [1.82, 2.24) is 4.98 Å². The van der Waals surface area contributed by atoms with Crippen LogP contribution in [0.3, 0.4) is 0 Å². The summed E-state index contributed by atoms with van der Waals surface area (Å²) >= 11 is 6.04. The molecular weight excluding hydrogens is 198 g/mol. The van der Waals surface area contributed by atoms with Gasteiger partial charge in [0.1, 0.15) is 5.82 Å². The first kappa shape index (κ1) is 11.3. The van der Waals surface area contributed by atoms with Gasteiger partial charge in [-0.2, -0.15) is 0 Å². The Morgan fingerprint density at radius 2 is 2.29 bits per heavy atom. The van der Waals surface area contributed by atoms with Crippen molar-refractivity contribution in [3.63, 3.8) is 0 Å². The van der Waals surface area contributed by atoms with Crippen LogP contribution in [-0.4, -0.2) is 11.5 Å². The van der Waals surface area contributed by atoms with E-state index in [1.807, 2.05) is 13.0 Å². The van der Waals surface area contributed by atoms with Crippen molar-refractivity contribution in [3.05, 3.63) is 22.3 Å². The lowest BCUT2D eigenvalue weighted by Gasteiger charge is -2.09. The Morgan fingerprint density at radius 3 is 2.86 bits per heavy atom. The average molecular weight is 214 g/mol. The summed E-state index contributed by atoms with van der Waals surface area (Å²) in [4.78, 5) is 4.36. The predicted octanol–water partition coefficient (Wildman–Crippen LogP) is 2.32. The summed E-state index contributed by atoms with van der Waals surface area (Å²) in [6.45, 7) is 5.40. The number of hydrogen-bond donors (Lipinski definition) is 2. The molecule has 0 aromatic carbocycles. The van der Waals surface area contributed by atoms with Crippen molar-refractivity contribution in [2.24, 2.45) is 5.73 Å². The van der Waals surface area contributed by atoms with Gasteiger partial charge in [-0.25, -0.2) is 4.98 Å². The summed E-state index contributed by atoms with van der Waals surface area (Å²) in [6, 6.07) is 1.88. The van der Waals surface area contributed by atoms with Crippen molar-refractivity contribution in [3.8, 4) is 0 Å². The molecule has 0 radical (unpaired) electrons. The molecule has 0 unspecified atom stereocenters. The quantitative estimate of drug-likeness (QED) is 0.807. The number of nitrogens with zero attached hydrogens (tertiary/aromatic N) is 1. The topological polar surface area (TPSA) is 50.9 Å². The number of nitrogens with two attached hydrogens (primary N) is 1. The molecule has 0 aliphatic heterocycles. The highest BCUT2D eigenvalue weighted by atomic mass is 35.5. The summed E-state index contributed by atoms with van der Waals surface area (Å²) in [5, 5.41) is 3.81. The van der Waals surface area contributed by atoms with E-state index in [4.69, 9.17) is 17.3 Å². The number of anilines is 1. The number of aromatic nitrogens is 1. The van der Waals surface area contributed by atoms with Gasteiger partial charge in [0.05, 0.1) is 5.02 Å². The molecule has 0 spiro atoms. The van der Waals surface area contributed by atoms with Crippen LogP contribution in [0.25, 0.3) is 0 Å². The smallest absolute Gasteiger partial charge is 0.145 e. The Hall–Kier alpha value is -0.800. The first-order chi connectivity index (χ1) is 6.69. The Labute approximate surface area is 89.7 Å². The van der Waals surface area contributed by atoms with E-state index < -0.39 is 0 Å². The molecule has 0 fully saturated rings. The van der Waals surface area contributed by atoms with Crippen molar-refractivity contribution < 1.29 is 0 Å². The Kier molecular flexibility index (Phi) is 4.17. The van der Waals surface area contributed by atoms with E-state index in [9.17, 15) is 0 Å². The van der Waals surface area contributed by atoms with E-state index in [-0.39, 0.29) is 0 Å². The van der Waals surface area contributed by atoms with Crippen LogP contribution in [0.4, 0.5) is 5.82 Å². The van der Waals surface area contributed by atoms with E-state index in [0.717, 1.165) is 30.0 Å². The standard InChI is InChI=1S/C10H16ClN3/c1-3-4-13-10-9(11)5-8(6-12)7(2)14-10/h5H,3-4,6,12H2,1-2H3,(H,13,14). The minimum absolute atomic E-state index is 0.479. The molecule has 0 atom stereocenters. The van der Waals surface area contributed by atoms with Gasteiger partial charge in [-0.1, -0.05) is 18.5 Å². The summed E-state index contributed by atoms with van der Waals surface area (Å²) < 4.78 is 0. The number of halogens is 1. The Bertz CT molecular complexity index is 312. The van der Waals surface area contributed by atoms with Crippen LogP contribution >= 0.6 is 11.6 Å². The number of nitrogens with one attached hydrogen (secondary N) is 1. The van der Waals surface area contributed by atoms with Crippen molar-refractivity contribution >= 4 is 17.4 Å². The lowest BCUT2D eigenvalue weighted by molar-refractivity contribution is 0.954.